The minimum atomic E-state index is -0.586. The molecule has 0 aliphatic carbocycles. The average molecular weight is 435 g/mol. The Morgan fingerprint density at radius 2 is 1.90 bits per heavy atom. The van der Waals surface area contributed by atoms with Crippen molar-refractivity contribution in [3.63, 3.8) is 0 Å². The molecule has 3 aromatic rings. The number of hydrogen-bond acceptors (Lipinski definition) is 3. The van der Waals surface area contributed by atoms with Crippen LogP contribution in [0.5, 0.6) is 0 Å². The van der Waals surface area contributed by atoms with Crippen LogP contribution in [0.25, 0.3) is 11.0 Å². The topological polar surface area (TPSA) is 92.1 Å². The number of pyridine rings is 1. The van der Waals surface area contributed by atoms with Crippen molar-refractivity contribution in [2.45, 2.75) is 25.7 Å². The van der Waals surface area contributed by atoms with E-state index in [-0.39, 0.29) is 5.91 Å². The molecule has 2 aromatic heterocycles. The molecule has 0 spiro atoms. The summed E-state index contributed by atoms with van der Waals surface area (Å²) in [6.07, 6.45) is 4.24. The van der Waals surface area contributed by atoms with Gasteiger partial charge in [-0.15, -0.1) is 0 Å². The minimum Gasteiger partial charge on any atom is -0.364 e. The summed E-state index contributed by atoms with van der Waals surface area (Å²) >= 11 is 5.71. The molecule has 9 heteroatoms. The number of primary amides is 1. The zero-order valence-corrected chi connectivity index (χ0v) is 16.9. The first-order valence-electron chi connectivity index (χ1n) is 9.49. The van der Waals surface area contributed by atoms with Gasteiger partial charge in [-0.3, -0.25) is 9.59 Å². The number of aryl methyl sites for hydroxylation is 1. The smallest absolute Gasteiger partial charge is 0.265 e. The molecule has 1 saturated heterocycles. The van der Waals surface area contributed by atoms with Crippen molar-refractivity contribution >= 4 is 34.4 Å². The summed E-state index contributed by atoms with van der Waals surface area (Å²) in [5.41, 5.74) is 6.43. The number of amides is 2. The van der Waals surface area contributed by atoms with Crippen molar-refractivity contribution in [1.82, 2.24) is 14.9 Å². The second kappa shape index (κ2) is 9.67. The number of hydrogen-bond donors (Lipinski definition) is 2. The van der Waals surface area contributed by atoms with Crippen LogP contribution in [0, 0.1) is 11.6 Å². The van der Waals surface area contributed by atoms with Gasteiger partial charge in [-0.2, -0.15) is 0 Å². The van der Waals surface area contributed by atoms with Crippen molar-refractivity contribution in [3.05, 3.63) is 64.4 Å². The molecule has 1 aliphatic rings. The van der Waals surface area contributed by atoms with Crippen LogP contribution < -0.4 is 5.73 Å². The first kappa shape index (κ1) is 21.7. The third-order valence-electron chi connectivity index (χ3n) is 4.78. The molecule has 158 valence electrons. The van der Waals surface area contributed by atoms with Crippen molar-refractivity contribution in [3.8, 4) is 0 Å². The summed E-state index contributed by atoms with van der Waals surface area (Å²) in [5.74, 6) is -1.60. The van der Waals surface area contributed by atoms with Crippen LogP contribution in [-0.2, 0) is 11.2 Å². The van der Waals surface area contributed by atoms with E-state index in [1.54, 1.807) is 17.0 Å². The number of carbonyl (C=O) groups is 2. The number of likely N-dealkylation sites (tertiary alicyclic amines) is 1. The number of benzene rings is 1. The van der Waals surface area contributed by atoms with E-state index < -0.39 is 17.5 Å². The molecule has 30 heavy (non-hydrogen) atoms. The Hall–Kier alpha value is -3.00. The summed E-state index contributed by atoms with van der Waals surface area (Å²) in [6, 6.07) is 6.82. The van der Waals surface area contributed by atoms with Gasteiger partial charge in [0.15, 0.2) is 0 Å². The Morgan fingerprint density at radius 3 is 2.57 bits per heavy atom. The first-order chi connectivity index (χ1) is 14.3. The van der Waals surface area contributed by atoms with Gasteiger partial charge in [0, 0.05) is 37.2 Å². The van der Waals surface area contributed by atoms with Gasteiger partial charge >= 0.3 is 0 Å². The maximum Gasteiger partial charge on any atom is 0.265 e. The van der Waals surface area contributed by atoms with Gasteiger partial charge in [0.2, 0.25) is 5.91 Å². The van der Waals surface area contributed by atoms with Gasteiger partial charge in [-0.1, -0.05) is 17.7 Å². The lowest BCUT2D eigenvalue weighted by atomic mass is 10.1. The van der Waals surface area contributed by atoms with Crippen molar-refractivity contribution in [2.24, 2.45) is 5.73 Å². The second-order valence-electron chi connectivity index (χ2n) is 6.96. The molecule has 1 aromatic carbocycles. The maximum absolute atomic E-state index is 13.3. The fourth-order valence-corrected chi connectivity index (χ4v) is 3.38. The van der Waals surface area contributed by atoms with Crippen LogP contribution in [0.3, 0.4) is 0 Å². The van der Waals surface area contributed by atoms with Gasteiger partial charge < -0.3 is 15.6 Å². The lowest BCUT2D eigenvalue weighted by molar-refractivity contribution is -0.130. The Morgan fingerprint density at radius 1 is 1.17 bits per heavy atom. The number of carbonyl (C=O) groups excluding carboxylic acids is 2. The van der Waals surface area contributed by atoms with Gasteiger partial charge in [0.05, 0.1) is 5.02 Å². The first-order valence-corrected chi connectivity index (χ1v) is 9.87. The Labute approximate surface area is 177 Å². The molecule has 1 aliphatic heterocycles. The number of nitrogens with zero attached hydrogens (tertiary/aromatic N) is 2. The Balaban J connectivity index is 0.000000177. The number of aromatic nitrogens is 2. The maximum atomic E-state index is 13.3. The number of nitrogens with one attached hydrogen (secondary N) is 1. The Kier molecular flexibility index (Phi) is 6.99. The summed E-state index contributed by atoms with van der Waals surface area (Å²) < 4.78 is 26.0. The summed E-state index contributed by atoms with van der Waals surface area (Å²) in [4.78, 5) is 31.1. The van der Waals surface area contributed by atoms with Crippen molar-refractivity contribution in [1.29, 1.82) is 0 Å². The van der Waals surface area contributed by atoms with Crippen molar-refractivity contribution in [2.75, 3.05) is 13.1 Å². The zero-order chi connectivity index (χ0) is 21.7. The highest BCUT2D eigenvalue weighted by Crippen LogP contribution is 2.17. The molecule has 4 rings (SSSR count). The highest BCUT2D eigenvalue weighted by molar-refractivity contribution is 6.31. The molecule has 0 atom stereocenters. The minimum absolute atomic E-state index is 0.0613. The van der Waals surface area contributed by atoms with Crippen molar-refractivity contribution < 1.29 is 18.4 Å². The predicted octanol–water partition coefficient (Wildman–Crippen LogP) is 3.84. The second-order valence-corrected chi connectivity index (χ2v) is 7.40. The van der Waals surface area contributed by atoms with E-state index >= 15 is 0 Å². The van der Waals surface area contributed by atoms with Crippen LogP contribution in [0.4, 0.5) is 8.78 Å². The number of nitrogens with two attached hydrogens (primary N) is 1. The predicted molar refractivity (Wildman–Crippen MR) is 110 cm³/mol. The van der Waals surface area contributed by atoms with E-state index in [4.69, 9.17) is 17.3 Å². The monoisotopic (exact) mass is 434 g/mol. The van der Waals surface area contributed by atoms with E-state index in [9.17, 15) is 18.4 Å². The molecule has 0 saturated carbocycles. The fourth-order valence-electron chi connectivity index (χ4n) is 3.21. The third-order valence-corrected chi connectivity index (χ3v) is 4.99. The van der Waals surface area contributed by atoms with Crippen LogP contribution in [0.1, 0.15) is 35.3 Å². The van der Waals surface area contributed by atoms with Crippen LogP contribution in [0.2, 0.25) is 5.02 Å². The lowest BCUT2D eigenvalue weighted by Crippen LogP contribution is -2.27. The standard InChI is InChI=1S/C13H15F2NO.C8H6ClN3O/c14-11-5-3-10(12(15)9-11)4-6-13(17)16-7-1-2-8-16;9-5-1-4-2-6(7(10)13)12-8(4)11-3-5/h3,5,9H,1-2,4,6-8H2;1-3H,(H2,10,13)(H,11,12). The number of H-pyrrole nitrogens is 1. The van der Waals surface area contributed by atoms with E-state index in [2.05, 4.69) is 9.97 Å². The molecular weight excluding hydrogens is 414 g/mol. The molecule has 3 N–H and O–H groups in total. The number of halogens is 3. The van der Waals surface area contributed by atoms with Gasteiger partial charge in [0.1, 0.15) is 23.0 Å². The van der Waals surface area contributed by atoms with E-state index in [0.717, 1.165) is 37.4 Å². The van der Waals surface area contributed by atoms with Crippen LogP contribution >= 0.6 is 11.6 Å². The van der Waals surface area contributed by atoms with Crippen LogP contribution in [0.15, 0.2) is 36.5 Å². The molecule has 1 fully saturated rings. The molecule has 3 heterocycles. The summed E-state index contributed by atoms with van der Waals surface area (Å²) in [7, 11) is 0. The zero-order valence-electron chi connectivity index (χ0n) is 16.1. The quantitative estimate of drug-likeness (QED) is 0.653. The van der Waals surface area contributed by atoms with E-state index in [1.165, 1.54) is 18.3 Å². The lowest BCUT2D eigenvalue weighted by Gasteiger charge is -2.14. The number of aromatic amines is 1. The highest BCUT2D eigenvalue weighted by atomic mass is 35.5. The number of rotatable bonds is 4. The van der Waals surface area contributed by atoms with Gasteiger partial charge in [0.25, 0.3) is 5.91 Å². The average Bonchev–Trinajstić information content (AvgIpc) is 3.37. The largest absolute Gasteiger partial charge is 0.364 e. The molecular formula is C21H21ClF2N4O2. The number of fused-ring (bicyclic) bond motifs is 1. The molecule has 0 radical (unpaired) electrons. The van der Waals surface area contributed by atoms with E-state index in [1.807, 2.05) is 0 Å². The summed E-state index contributed by atoms with van der Waals surface area (Å²) in [5, 5.41) is 1.31. The fraction of sp³-hybridized carbons (Fsp3) is 0.286. The summed E-state index contributed by atoms with van der Waals surface area (Å²) in [6.45, 7) is 1.62. The molecule has 0 bridgehead atoms. The molecule has 2 amide bonds. The Bertz CT molecular complexity index is 1060. The molecule has 6 nitrogen and oxygen atoms in total. The van der Waals surface area contributed by atoms with Crippen LogP contribution in [-0.4, -0.2) is 39.8 Å². The normalized spacial score (nSPS) is 13.2. The highest BCUT2D eigenvalue weighted by Gasteiger charge is 2.18. The third kappa shape index (κ3) is 5.54. The van der Waals surface area contributed by atoms with E-state index in [0.29, 0.717) is 34.8 Å². The van der Waals surface area contributed by atoms with Gasteiger partial charge in [-0.25, -0.2) is 13.8 Å². The van der Waals surface area contributed by atoms with Gasteiger partial charge in [-0.05, 0) is 43.0 Å². The molecule has 0 unspecified atom stereocenters. The SMILES string of the molecule is NC(=O)c1cc2cc(Cl)cnc2[nH]1.O=C(CCc1ccc(F)cc1F)N1CCCC1.